The monoisotopic (exact) mass is 165 g/mol. The summed E-state index contributed by atoms with van der Waals surface area (Å²) in [5.41, 5.74) is 7.49. The molecule has 2 heteroatoms. The highest BCUT2D eigenvalue weighted by molar-refractivity contribution is 5.31. The third-order valence-corrected chi connectivity index (χ3v) is 1.84. The Balaban J connectivity index is 3.09. The molecule has 1 atom stereocenters. The lowest BCUT2D eigenvalue weighted by Crippen LogP contribution is -2.08. The minimum absolute atomic E-state index is 0.203. The SMILES string of the molecule is C=C[C@@H](N)c1ccc(F)cc1C. The topological polar surface area (TPSA) is 26.0 Å². The highest BCUT2D eigenvalue weighted by atomic mass is 19.1. The lowest BCUT2D eigenvalue weighted by Gasteiger charge is -2.09. The third kappa shape index (κ3) is 1.71. The number of hydrogen-bond acceptors (Lipinski definition) is 1. The highest BCUT2D eigenvalue weighted by Gasteiger charge is 2.04. The zero-order valence-corrected chi connectivity index (χ0v) is 7.05. The van der Waals surface area contributed by atoms with Gasteiger partial charge < -0.3 is 5.73 Å². The molecule has 1 rings (SSSR count). The van der Waals surface area contributed by atoms with Crippen molar-refractivity contribution in [1.82, 2.24) is 0 Å². The molecule has 0 fully saturated rings. The zero-order chi connectivity index (χ0) is 9.14. The van der Waals surface area contributed by atoms with Crippen LogP contribution in [-0.4, -0.2) is 0 Å². The van der Waals surface area contributed by atoms with E-state index in [1.54, 1.807) is 12.1 Å². The first-order valence-electron chi connectivity index (χ1n) is 3.79. The summed E-state index contributed by atoms with van der Waals surface area (Å²) in [6, 6.07) is 4.37. The molecule has 2 N–H and O–H groups in total. The van der Waals surface area contributed by atoms with Gasteiger partial charge in [-0.25, -0.2) is 4.39 Å². The molecule has 0 aliphatic heterocycles. The highest BCUT2D eigenvalue weighted by Crippen LogP contribution is 2.16. The van der Waals surface area contributed by atoms with E-state index in [-0.39, 0.29) is 11.9 Å². The van der Waals surface area contributed by atoms with Crippen molar-refractivity contribution in [2.45, 2.75) is 13.0 Å². The van der Waals surface area contributed by atoms with Crippen molar-refractivity contribution < 1.29 is 4.39 Å². The summed E-state index contributed by atoms with van der Waals surface area (Å²) >= 11 is 0. The molecule has 1 aromatic carbocycles. The van der Waals surface area contributed by atoms with Gasteiger partial charge in [0.1, 0.15) is 5.82 Å². The van der Waals surface area contributed by atoms with E-state index in [2.05, 4.69) is 6.58 Å². The van der Waals surface area contributed by atoms with Crippen LogP contribution in [-0.2, 0) is 0 Å². The van der Waals surface area contributed by atoms with Gasteiger partial charge in [0.2, 0.25) is 0 Å². The van der Waals surface area contributed by atoms with Crippen LogP contribution in [0.3, 0.4) is 0 Å². The fraction of sp³-hybridized carbons (Fsp3) is 0.200. The maximum Gasteiger partial charge on any atom is 0.123 e. The first kappa shape index (κ1) is 8.94. The molecule has 1 aromatic rings. The maximum atomic E-state index is 12.6. The molecule has 0 amide bonds. The molecule has 0 aliphatic rings. The van der Waals surface area contributed by atoms with Crippen LogP contribution < -0.4 is 5.73 Å². The van der Waals surface area contributed by atoms with Crippen molar-refractivity contribution in [1.29, 1.82) is 0 Å². The normalized spacial score (nSPS) is 12.6. The largest absolute Gasteiger partial charge is 0.321 e. The molecule has 0 saturated carbocycles. The van der Waals surface area contributed by atoms with E-state index in [1.807, 2.05) is 6.92 Å². The second kappa shape index (κ2) is 3.50. The Bertz CT molecular complexity index is 294. The summed E-state index contributed by atoms with van der Waals surface area (Å²) in [5.74, 6) is -0.229. The van der Waals surface area contributed by atoms with E-state index < -0.39 is 0 Å². The quantitative estimate of drug-likeness (QED) is 0.669. The third-order valence-electron chi connectivity index (χ3n) is 1.84. The van der Waals surface area contributed by atoms with Gasteiger partial charge in [0.25, 0.3) is 0 Å². The minimum atomic E-state index is -0.229. The van der Waals surface area contributed by atoms with Gasteiger partial charge >= 0.3 is 0 Å². The van der Waals surface area contributed by atoms with Gasteiger partial charge in [-0.1, -0.05) is 12.1 Å². The lowest BCUT2D eigenvalue weighted by atomic mass is 10.0. The van der Waals surface area contributed by atoms with Gasteiger partial charge in [-0.3, -0.25) is 0 Å². The van der Waals surface area contributed by atoms with Crippen molar-refractivity contribution in [2.75, 3.05) is 0 Å². The number of aryl methyl sites for hydroxylation is 1. The molecule has 0 saturated heterocycles. The Morgan fingerprint density at radius 1 is 1.58 bits per heavy atom. The van der Waals surface area contributed by atoms with E-state index in [1.165, 1.54) is 12.1 Å². The van der Waals surface area contributed by atoms with Crippen molar-refractivity contribution in [3.05, 3.63) is 47.8 Å². The smallest absolute Gasteiger partial charge is 0.123 e. The Labute approximate surface area is 71.7 Å². The van der Waals surface area contributed by atoms with Gasteiger partial charge in [0, 0.05) is 6.04 Å². The van der Waals surface area contributed by atoms with Crippen molar-refractivity contribution in [3.8, 4) is 0 Å². The van der Waals surface area contributed by atoms with Gasteiger partial charge in [-0.05, 0) is 30.2 Å². The molecule has 0 unspecified atom stereocenters. The van der Waals surface area contributed by atoms with Crippen molar-refractivity contribution >= 4 is 0 Å². The molecule has 0 aromatic heterocycles. The molecular weight excluding hydrogens is 153 g/mol. The molecule has 0 bridgehead atoms. The van der Waals surface area contributed by atoms with Crippen LogP contribution >= 0.6 is 0 Å². The first-order chi connectivity index (χ1) is 5.65. The molecule has 0 spiro atoms. The Morgan fingerprint density at radius 2 is 2.25 bits per heavy atom. The van der Waals surface area contributed by atoms with E-state index in [0.29, 0.717) is 0 Å². The van der Waals surface area contributed by atoms with Gasteiger partial charge in [-0.15, -0.1) is 6.58 Å². The summed E-state index contributed by atoms with van der Waals surface area (Å²) in [7, 11) is 0. The predicted octanol–water partition coefficient (Wildman–Crippen LogP) is 2.32. The summed E-state index contributed by atoms with van der Waals surface area (Å²) in [6.45, 7) is 5.42. The van der Waals surface area contributed by atoms with E-state index in [9.17, 15) is 4.39 Å². The molecule has 0 radical (unpaired) electrons. The van der Waals surface area contributed by atoms with Gasteiger partial charge in [0.05, 0.1) is 0 Å². The number of rotatable bonds is 2. The van der Waals surface area contributed by atoms with Gasteiger partial charge in [-0.2, -0.15) is 0 Å². The first-order valence-corrected chi connectivity index (χ1v) is 3.79. The summed E-state index contributed by atoms with van der Waals surface area (Å²) < 4.78 is 12.6. The fourth-order valence-corrected chi connectivity index (χ4v) is 1.14. The van der Waals surface area contributed by atoms with E-state index >= 15 is 0 Å². The zero-order valence-electron chi connectivity index (χ0n) is 7.05. The average Bonchev–Trinajstić information content (AvgIpc) is 2.03. The second-order valence-corrected chi connectivity index (χ2v) is 2.76. The predicted molar refractivity (Wildman–Crippen MR) is 48.3 cm³/mol. The van der Waals surface area contributed by atoms with Crippen LogP contribution in [0, 0.1) is 12.7 Å². The molecular formula is C10H12FN. The van der Waals surface area contributed by atoms with Crippen molar-refractivity contribution in [2.24, 2.45) is 5.73 Å². The molecule has 0 aliphatic carbocycles. The average molecular weight is 165 g/mol. The fourth-order valence-electron chi connectivity index (χ4n) is 1.14. The maximum absolute atomic E-state index is 12.6. The molecule has 1 nitrogen and oxygen atoms in total. The lowest BCUT2D eigenvalue weighted by molar-refractivity contribution is 0.625. The molecule has 12 heavy (non-hydrogen) atoms. The standard InChI is InChI=1S/C10H12FN/c1-3-10(12)9-5-4-8(11)6-7(9)2/h3-6,10H,1,12H2,2H3/t10-/m1/s1. The Morgan fingerprint density at radius 3 is 2.75 bits per heavy atom. The summed E-state index contributed by atoms with van der Waals surface area (Å²) in [6.07, 6.45) is 1.64. The van der Waals surface area contributed by atoms with Crippen LogP contribution in [0.5, 0.6) is 0 Å². The number of halogens is 1. The Kier molecular flexibility index (Phi) is 2.61. The number of hydrogen-bond donors (Lipinski definition) is 1. The van der Waals surface area contributed by atoms with Crippen LogP contribution in [0.4, 0.5) is 4.39 Å². The molecule has 64 valence electrons. The van der Waals surface area contributed by atoms with Crippen LogP contribution in [0.1, 0.15) is 17.2 Å². The number of nitrogens with two attached hydrogens (primary N) is 1. The van der Waals surface area contributed by atoms with Gasteiger partial charge in [0.15, 0.2) is 0 Å². The molecule has 0 heterocycles. The van der Waals surface area contributed by atoms with Crippen LogP contribution in [0.15, 0.2) is 30.9 Å². The summed E-state index contributed by atoms with van der Waals surface area (Å²) in [5, 5.41) is 0. The van der Waals surface area contributed by atoms with Crippen LogP contribution in [0.2, 0.25) is 0 Å². The summed E-state index contributed by atoms with van der Waals surface area (Å²) in [4.78, 5) is 0. The Hall–Kier alpha value is -1.15. The second-order valence-electron chi connectivity index (χ2n) is 2.76. The van der Waals surface area contributed by atoms with E-state index in [4.69, 9.17) is 5.73 Å². The minimum Gasteiger partial charge on any atom is -0.321 e. The van der Waals surface area contributed by atoms with E-state index in [0.717, 1.165) is 11.1 Å². The number of benzene rings is 1. The van der Waals surface area contributed by atoms with Crippen LogP contribution in [0.25, 0.3) is 0 Å². The van der Waals surface area contributed by atoms with Crippen molar-refractivity contribution in [3.63, 3.8) is 0 Å².